The molecule has 0 aliphatic heterocycles. The van der Waals surface area contributed by atoms with Crippen LogP contribution in [-0.2, 0) is 11.2 Å². The average molecular weight is 278 g/mol. The van der Waals surface area contributed by atoms with Gasteiger partial charge in [-0.1, -0.05) is 50.3 Å². The second-order valence-electron chi connectivity index (χ2n) is 5.45. The molecule has 0 aliphatic rings. The molecule has 1 aromatic rings. The summed E-state index contributed by atoms with van der Waals surface area (Å²) in [5.41, 5.74) is 7.72. The second kappa shape index (κ2) is 6.66. The Morgan fingerprint density at radius 3 is 2.58 bits per heavy atom. The first-order chi connectivity index (χ1) is 8.83. The third-order valence-corrected chi connectivity index (χ3v) is 3.83. The lowest BCUT2D eigenvalue weighted by molar-refractivity contribution is -0.121. The van der Waals surface area contributed by atoms with Crippen LogP contribution in [-0.4, -0.2) is 17.4 Å². The molecule has 0 aromatic heterocycles. The van der Waals surface area contributed by atoms with Crippen LogP contribution in [0.5, 0.6) is 0 Å². The van der Waals surface area contributed by atoms with Crippen molar-refractivity contribution in [2.75, 3.05) is 6.54 Å². The van der Waals surface area contributed by atoms with Crippen LogP contribution in [0.25, 0.3) is 0 Å². The van der Waals surface area contributed by atoms with E-state index in [9.17, 15) is 4.79 Å². The lowest BCUT2D eigenvalue weighted by atomic mass is 9.93. The molecule has 1 amide bonds. The molecule has 19 heavy (non-hydrogen) atoms. The van der Waals surface area contributed by atoms with Crippen molar-refractivity contribution in [2.24, 2.45) is 11.1 Å². The van der Waals surface area contributed by atoms with Crippen molar-refractivity contribution in [3.63, 3.8) is 0 Å². The zero-order valence-corrected chi connectivity index (χ0v) is 12.6. The van der Waals surface area contributed by atoms with Crippen LogP contribution in [0.4, 0.5) is 0 Å². The van der Waals surface area contributed by atoms with Gasteiger partial charge in [0.05, 0.1) is 4.99 Å². The number of nitrogens with two attached hydrogens (primary N) is 1. The van der Waals surface area contributed by atoms with Crippen molar-refractivity contribution in [2.45, 2.75) is 33.6 Å². The van der Waals surface area contributed by atoms with Crippen molar-refractivity contribution in [3.8, 4) is 0 Å². The van der Waals surface area contributed by atoms with Crippen molar-refractivity contribution >= 4 is 23.1 Å². The molecule has 0 bridgehead atoms. The molecule has 0 saturated heterocycles. The molecule has 1 aromatic carbocycles. The number of hydrogen-bond acceptors (Lipinski definition) is 2. The molecule has 104 valence electrons. The molecule has 0 unspecified atom stereocenters. The van der Waals surface area contributed by atoms with Crippen LogP contribution >= 0.6 is 12.2 Å². The van der Waals surface area contributed by atoms with Crippen LogP contribution in [0.15, 0.2) is 24.3 Å². The Morgan fingerprint density at radius 1 is 1.37 bits per heavy atom. The summed E-state index contributed by atoms with van der Waals surface area (Å²) in [6, 6.07) is 8.12. The fraction of sp³-hybridized carbons (Fsp3) is 0.467. The lowest BCUT2D eigenvalue weighted by Gasteiger charge is -2.23. The Kier molecular flexibility index (Phi) is 5.48. The van der Waals surface area contributed by atoms with Gasteiger partial charge in [0.1, 0.15) is 0 Å². The minimum Gasteiger partial charge on any atom is -0.393 e. The minimum absolute atomic E-state index is 0.0348. The van der Waals surface area contributed by atoms with E-state index in [0.29, 0.717) is 18.0 Å². The Morgan fingerprint density at radius 2 is 2.00 bits per heavy atom. The topological polar surface area (TPSA) is 55.1 Å². The van der Waals surface area contributed by atoms with Gasteiger partial charge in [0.2, 0.25) is 5.91 Å². The Balaban J connectivity index is 2.41. The summed E-state index contributed by atoms with van der Waals surface area (Å²) in [7, 11) is 0. The molecule has 0 saturated carbocycles. The second-order valence-corrected chi connectivity index (χ2v) is 5.89. The van der Waals surface area contributed by atoms with Gasteiger partial charge >= 0.3 is 0 Å². The predicted molar refractivity (Wildman–Crippen MR) is 83.1 cm³/mol. The molecule has 3 nitrogen and oxygen atoms in total. The molecular formula is C15H22N2OS. The summed E-state index contributed by atoms with van der Waals surface area (Å²) in [5.74, 6) is 0.0348. The summed E-state index contributed by atoms with van der Waals surface area (Å²) in [4.78, 5) is 12.2. The SMILES string of the molecule is Cc1ccccc1CCC(=O)NCC(C)(C)C(N)=S. The van der Waals surface area contributed by atoms with Crippen LogP contribution < -0.4 is 11.1 Å². The molecule has 0 aliphatic carbocycles. The highest BCUT2D eigenvalue weighted by Gasteiger charge is 2.21. The normalized spacial score (nSPS) is 11.1. The molecule has 0 heterocycles. The fourth-order valence-corrected chi connectivity index (χ4v) is 1.71. The number of carbonyl (C=O) groups excluding carboxylic acids is 1. The Bertz CT molecular complexity index is 469. The number of carbonyl (C=O) groups is 1. The summed E-state index contributed by atoms with van der Waals surface area (Å²) in [6.07, 6.45) is 1.24. The van der Waals surface area contributed by atoms with Gasteiger partial charge in [0, 0.05) is 18.4 Å². The largest absolute Gasteiger partial charge is 0.393 e. The highest BCUT2D eigenvalue weighted by Crippen LogP contribution is 2.14. The van der Waals surface area contributed by atoms with Crippen molar-refractivity contribution in [1.29, 1.82) is 0 Å². The third kappa shape index (κ3) is 4.99. The molecular weight excluding hydrogens is 256 g/mol. The molecule has 0 radical (unpaired) electrons. The zero-order chi connectivity index (χ0) is 14.5. The van der Waals surface area contributed by atoms with Gasteiger partial charge in [-0.25, -0.2) is 0 Å². The first-order valence-corrected chi connectivity index (χ1v) is 6.85. The average Bonchev–Trinajstić information content (AvgIpc) is 2.35. The van der Waals surface area contributed by atoms with Gasteiger partial charge in [-0.05, 0) is 24.5 Å². The molecule has 1 rings (SSSR count). The number of nitrogens with one attached hydrogen (secondary N) is 1. The van der Waals surface area contributed by atoms with E-state index in [2.05, 4.69) is 24.4 Å². The minimum atomic E-state index is -0.340. The van der Waals surface area contributed by atoms with Crippen LogP contribution in [0.1, 0.15) is 31.4 Å². The number of amides is 1. The smallest absolute Gasteiger partial charge is 0.220 e. The van der Waals surface area contributed by atoms with E-state index < -0.39 is 0 Å². The molecule has 3 N–H and O–H groups in total. The number of hydrogen-bond donors (Lipinski definition) is 2. The van der Waals surface area contributed by atoms with Crippen LogP contribution in [0.2, 0.25) is 0 Å². The predicted octanol–water partition coefficient (Wildman–Crippen LogP) is 2.36. The van der Waals surface area contributed by atoms with E-state index in [1.165, 1.54) is 11.1 Å². The number of rotatable bonds is 6. The highest BCUT2D eigenvalue weighted by atomic mass is 32.1. The van der Waals surface area contributed by atoms with Gasteiger partial charge < -0.3 is 11.1 Å². The highest BCUT2D eigenvalue weighted by molar-refractivity contribution is 7.80. The fourth-order valence-electron chi connectivity index (χ4n) is 1.63. The van der Waals surface area contributed by atoms with Gasteiger partial charge in [-0.2, -0.15) is 0 Å². The molecule has 0 atom stereocenters. The number of thiocarbonyl (C=S) groups is 1. The monoisotopic (exact) mass is 278 g/mol. The third-order valence-electron chi connectivity index (χ3n) is 3.28. The van der Waals surface area contributed by atoms with Crippen LogP contribution in [0, 0.1) is 12.3 Å². The van der Waals surface area contributed by atoms with Gasteiger partial charge in [-0.3, -0.25) is 4.79 Å². The lowest BCUT2D eigenvalue weighted by Crippen LogP contribution is -2.41. The maximum absolute atomic E-state index is 11.8. The van der Waals surface area contributed by atoms with E-state index in [1.807, 2.05) is 26.0 Å². The van der Waals surface area contributed by atoms with Crippen molar-refractivity contribution in [3.05, 3.63) is 35.4 Å². The summed E-state index contributed by atoms with van der Waals surface area (Å²) in [5, 5.41) is 2.89. The standard InChI is InChI=1S/C15H22N2OS/c1-11-6-4-5-7-12(11)8-9-13(18)17-10-15(2,3)14(16)19/h4-7H,8-10H2,1-3H3,(H2,16,19)(H,17,18). The van der Waals surface area contributed by atoms with E-state index >= 15 is 0 Å². The summed E-state index contributed by atoms with van der Waals surface area (Å²) < 4.78 is 0. The molecule has 0 fully saturated rings. The van der Waals surface area contributed by atoms with Gasteiger partial charge in [0.15, 0.2) is 0 Å². The first kappa shape index (κ1) is 15.6. The van der Waals surface area contributed by atoms with E-state index in [0.717, 1.165) is 6.42 Å². The van der Waals surface area contributed by atoms with E-state index in [4.69, 9.17) is 18.0 Å². The quantitative estimate of drug-likeness (QED) is 0.785. The zero-order valence-electron chi connectivity index (χ0n) is 11.8. The maximum Gasteiger partial charge on any atom is 0.220 e. The van der Waals surface area contributed by atoms with Gasteiger partial charge in [0.25, 0.3) is 0 Å². The summed E-state index contributed by atoms with van der Waals surface area (Å²) in [6.45, 7) is 6.39. The Hall–Kier alpha value is -1.42. The van der Waals surface area contributed by atoms with Crippen molar-refractivity contribution < 1.29 is 4.79 Å². The summed E-state index contributed by atoms with van der Waals surface area (Å²) >= 11 is 4.97. The molecule has 4 heteroatoms. The molecule has 0 spiro atoms. The number of aryl methyl sites for hydroxylation is 2. The number of benzene rings is 1. The maximum atomic E-state index is 11.8. The van der Waals surface area contributed by atoms with Crippen molar-refractivity contribution in [1.82, 2.24) is 5.32 Å². The van der Waals surface area contributed by atoms with E-state index in [1.54, 1.807) is 0 Å². The van der Waals surface area contributed by atoms with Gasteiger partial charge in [-0.15, -0.1) is 0 Å². The first-order valence-electron chi connectivity index (χ1n) is 6.44. The van der Waals surface area contributed by atoms with E-state index in [-0.39, 0.29) is 11.3 Å². The van der Waals surface area contributed by atoms with Crippen LogP contribution in [0.3, 0.4) is 0 Å². The Labute approximate surface area is 120 Å².